The van der Waals surface area contributed by atoms with E-state index in [9.17, 15) is 9.18 Å². The van der Waals surface area contributed by atoms with E-state index >= 15 is 0 Å². The Bertz CT molecular complexity index is 542. The van der Waals surface area contributed by atoms with Crippen molar-refractivity contribution < 1.29 is 13.9 Å². The van der Waals surface area contributed by atoms with Crippen LogP contribution in [0, 0.1) is 23.1 Å². The average Bonchev–Trinajstić information content (AvgIpc) is 2.89. The monoisotopic (exact) mass is 277 g/mol. The lowest BCUT2D eigenvalue weighted by Crippen LogP contribution is -2.41. The van der Waals surface area contributed by atoms with Gasteiger partial charge < -0.3 is 15.4 Å². The molecule has 1 amide bonds. The van der Waals surface area contributed by atoms with Crippen molar-refractivity contribution in [3.05, 3.63) is 29.6 Å². The van der Waals surface area contributed by atoms with Gasteiger partial charge in [-0.3, -0.25) is 4.79 Å². The van der Waals surface area contributed by atoms with E-state index < -0.39 is 5.82 Å². The highest BCUT2D eigenvalue weighted by molar-refractivity contribution is 5.93. The molecule has 0 aromatic heterocycles. The normalized spacial score (nSPS) is 21.4. The van der Waals surface area contributed by atoms with Gasteiger partial charge in [0.25, 0.3) is 0 Å². The zero-order valence-electron chi connectivity index (χ0n) is 11.1. The molecule has 6 heteroatoms. The molecule has 1 heterocycles. The number of amides is 1. The number of halogens is 1. The number of nitrogens with one attached hydrogen (secondary N) is 2. The average molecular weight is 277 g/mol. The number of hydrogen-bond acceptors (Lipinski definition) is 4. The minimum absolute atomic E-state index is 0.0542. The Hall–Kier alpha value is -1.97. The Labute approximate surface area is 116 Å². The third-order valence-corrected chi connectivity index (χ3v) is 3.24. The summed E-state index contributed by atoms with van der Waals surface area (Å²) in [6.45, 7) is 3.49. The van der Waals surface area contributed by atoms with Crippen LogP contribution in [0.1, 0.15) is 12.5 Å². The predicted molar refractivity (Wildman–Crippen MR) is 71.5 cm³/mol. The first-order valence-corrected chi connectivity index (χ1v) is 6.47. The molecule has 106 valence electrons. The van der Waals surface area contributed by atoms with E-state index in [2.05, 4.69) is 10.6 Å². The highest BCUT2D eigenvalue weighted by Crippen LogP contribution is 2.19. The van der Waals surface area contributed by atoms with E-state index in [0.717, 1.165) is 12.6 Å². The van der Waals surface area contributed by atoms with Gasteiger partial charge in [0.05, 0.1) is 36.5 Å². The molecule has 0 bridgehead atoms. The van der Waals surface area contributed by atoms with Crippen molar-refractivity contribution in [2.45, 2.75) is 13.0 Å². The van der Waals surface area contributed by atoms with E-state index in [1.807, 2.05) is 13.0 Å². The van der Waals surface area contributed by atoms with E-state index in [0.29, 0.717) is 13.2 Å². The van der Waals surface area contributed by atoms with Gasteiger partial charge >= 0.3 is 0 Å². The third-order valence-electron chi connectivity index (χ3n) is 3.24. The van der Waals surface area contributed by atoms with Crippen molar-refractivity contribution in [1.82, 2.24) is 5.32 Å². The zero-order valence-corrected chi connectivity index (χ0v) is 11.1. The summed E-state index contributed by atoms with van der Waals surface area (Å²) in [5.41, 5.74) is 0.298. The Morgan fingerprint density at radius 1 is 1.55 bits per heavy atom. The number of nitrogens with zero attached hydrogens (tertiary/aromatic N) is 1. The van der Waals surface area contributed by atoms with Crippen molar-refractivity contribution in [1.29, 1.82) is 5.26 Å². The molecule has 1 fully saturated rings. The molecule has 0 aliphatic carbocycles. The maximum atomic E-state index is 13.7. The lowest BCUT2D eigenvalue weighted by Gasteiger charge is -2.18. The number of anilines is 1. The maximum absolute atomic E-state index is 13.7. The minimum atomic E-state index is -0.615. The maximum Gasteiger partial charge on any atom is 0.231 e. The SMILES string of the molecule is CCNC1COCC1C(=O)Nc1ccc(C#N)cc1F. The van der Waals surface area contributed by atoms with Crippen molar-refractivity contribution in [3.63, 3.8) is 0 Å². The number of nitriles is 1. The van der Waals surface area contributed by atoms with Gasteiger partial charge in [-0.05, 0) is 24.7 Å². The second-order valence-corrected chi connectivity index (χ2v) is 4.60. The molecule has 1 aliphatic heterocycles. The van der Waals surface area contributed by atoms with Gasteiger partial charge in [0.15, 0.2) is 0 Å². The summed E-state index contributed by atoms with van der Waals surface area (Å²) < 4.78 is 19.0. The summed E-state index contributed by atoms with van der Waals surface area (Å²) in [5, 5.41) is 14.4. The number of ether oxygens (including phenoxy) is 1. The first kappa shape index (κ1) is 14.4. The summed E-state index contributed by atoms with van der Waals surface area (Å²) in [7, 11) is 0. The van der Waals surface area contributed by atoms with Crippen molar-refractivity contribution in [3.8, 4) is 6.07 Å². The Balaban J connectivity index is 2.06. The van der Waals surface area contributed by atoms with Crippen LogP contribution in [0.5, 0.6) is 0 Å². The van der Waals surface area contributed by atoms with Crippen LogP contribution in [0.25, 0.3) is 0 Å². The van der Waals surface area contributed by atoms with Crippen molar-refractivity contribution >= 4 is 11.6 Å². The van der Waals surface area contributed by atoms with E-state index in [-0.39, 0.29) is 29.1 Å². The standard InChI is InChI=1S/C14H16FN3O2/c1-2-17-13-8-20-7-10(13)14(19)18-12-4-3-9(6-16)5-11(12)15/h3-5,10,13,17H,2,7-8H2,1H3,(H,18,19). The molecule has 20 heavy (non-hydrogen) atoms. The first-order chi connectivity index (χ1) is 9.65. The first-order valence-electron chi connectivity index (χ1n) is 6.47. The van der Waals surface area contributed by atoms with Crippen LogP contribution in [-0.2, 0) is 9.53 Å². The summed E-state index contributed by atoms with van der Waals surface area (Å²) in [4.78, 5) is 12.1. The van der Waals surface area contributed by atoms with Gasteiger partial charge in [-0.1, -0.05) is 6.92 Å². The summed E-state index contributed by atoms with van der Waals surface area (Å²) in [6.07, 6.45) is 0. The quantitative estimate of drug-likeness (QED) is 0.869. The molecule has 1 aromatic rings. The number of hydrogen-bond donors (Lipinski definition) is 2. The number of benzene rings is 1. The van der Waals surface area contributed by atoms with E-state index in [1.165, 1.54) is 12.1 Å². The van der Waals surface area contributed by atoms with Gasteiger partial charge in [0, 0.05) is 6.04 Å². The fourth-order valence-electron chi connectivity index (χ4n) is 2.19. The van der Waals surface area contributed by atoms with Crippen molar-refractivity contribution in [2.24, 2.45) is 5.92 Å². The number of carbonyl (C=O) groups is 1. The lowest BCUT2D eigenvalue weighted by atomic mass is 10.0. The Morgan fingerprint density at radius 3 is 3.00 bits per heavy atom. The van der Waals surface area contributed by atoms with E-state index in [1.54, 1.807) is 0 Å². The molecular weight excluding hydrogens is 261 g/mol. The molecule has 1 saturated heterocycles. The van der Waals surface area contributed by atoms with Gasteiger partial charge in [0.2, 0.25) is 5.91 Å². The molecular formula is C14H16FN3O2. The molecule has 0 spiro atoms. The molecule has 5 nitrogen and oxygen atoms in total. The van der Waals surface area contributed by atoms with Crippen LogP contribution in [-0.4, -0.2) is 31.7 Å². The second kappa shape index (κ2) is 6.46. The molecule has 2 unspecified atom stereocenters. The number of likely N-dealkylation sites (N-methyl/N-ethyl adjacent to an activating group) is 1. The summed E-state index contributed by atoms with van der Waals surface area (Å²) in [6, 6.07) is 5.75. The lowest BCUT2D eigenvalue weighted by molar-refractivity contribution is -0.120. The Morgan fingerprint density at radius 2 is 2.35 bits per heavy atom. The van der Waals surface area contributed by atoms with E-state index in [4.69, 9.17) is 10.00 Å². The van der Waals surface area contributed by atoms with Gasteiger partial charge in [-0.25, -0.2) is 4.39 Å². The molecule has 0 saturated carbocycles. The highest BCUT2D eigenvalue weighted by atomic mass is 19.1. The van der Waals surface area contributed by atoms with Crippen LogP contribution in [0.3, 0.4) is 0 Å². The largest absolute Gasteiger partial charge is 0.379 e. The number of rotatable bonds is 4. The molecule has 2 atom stereocenters. The predicted octanol–water partition coefficient (Wildman–Crippen LogP) is 1.26. The molecule has 2 rings (SSSR count). The fourth-order valence-corrected chi connectivity index (χ4v) is 2.19. The van der Waals surface area contributed by atoms with Crippen LogP contribution in [0.2, 0.25) is 0 Å². The molecule has 1 aromatic carbocycles. The van der Waals surface area contributed by atoms with Gasteiger partial charge in [0.1, 0.15) is 5.82 Å². The minimum Gasteiger partial charge on any atom is -0.379 e. The van der Waals surface area contributed by atoms with Gasteiger partial charge in [-0.15, -0.1) is 0 Å². The van der Waals surface area contributed by atoms with Gasteiger partial charge in [-0.2, -0.15) is 5.26 Å². The van der Waals surface area contributed by atoms with Crippen molar-refractivity contribution in [2.75, 3.05) is 25.1 Å². The topological polar surface area (TPSA) is 74.2 Å². The Kier molecular flexibility index (Phi) is 4.66. The van der Waals surface area contributed by atoms with Crippen LogP contribution >= 0.6 is 0 Å². The smallest absolute Gasteiger partial charge is 0.231 e. The van der Waals surface area contributed by atoms with Crippen LogP contribution < -0.4 is 10.6 Å². The molecule has 0 radical (unpaired) electrons. The summed E-state index contributed by atoms with van der Waals surface area (Å²) in [5.74, 6) is -1.24. The zero-order chi connectivity index (χ0) is 14.5. The fraction of sp³-hybridized carbons (Fsp3) is 0.429. The third kappa shape index (κ3) is 3.13. The summed E-state index contributed by atoms with van der Waals surface area (Å²) >= 11 is 0. The molecule has 2 N–H and O–H groups in total. The van der Waals surface area contributed by atoms with Crippen LogP contribution in [0.15, 0.2) is 18.2 Å². The number of carbonyl (C=O) groups excluding carboxylic acids is 1. The van der Waals surface area contributed by atoms with Crippen LogP contribution in [0.4, 0.5) is 10.1 Å². The highest BCUT2D eigenvalue weighted by Gasteiger charge is 2.33. The molecule has 1 aliphatic rings. The second-order valence-electron chi connectivity index (χ2n) is 4.60.